The van der Waals surface area contributed by atoms with Gasteiger partial charge in [0.1, 0.15) is 12.3 Å². The van der Waals surface area contributed by atoms with Crippen LogP contribution in [0.25, 0.3) is 0 Å². The van der Waals surface area contributed by atoms with Gasteiger partial charge in [0, 0.05) is 0 Å². The Labute approximate surface area is 124 Å². The molecule has 0 saturated heterocycles. The van der Waals surface area contributed by atoms with E-state index in [2.05, 4.69) is 5.32 Å². The molecule has 5 nitrogen and oxygen atoms in total. The highest BCUT2D eigenvalue weighted by Gasteiger charge is 2.15. The Kier molecular flexibility index (Phi) is 5.96. The average Bonchev–Trinajstić information content (AvgIpc) is 2.41. The van der Waals surface area contributed by atoms with Gasteiger partial charge in [-0.05, 0) is 17.4 Å². The van der Waals surface area contributed by atoms with Crippen LogP contribution in [0.5, 0.6) is 0 Å². The molecule has 1 aromatic rings. The van der Waals surface area contributed by atoms with Crippen LogP contribution in [0.15, 0.2) is 42.1 Å². The van der Waals surface area contributed by atoms with Crippen molar-refractivity contribution in [3.05, 3.63) is 47.7 Å². The summed E-state index contributed by atoms with van der Waals surface area (Å²) in [5.41, 5.74) is 0.613. The van der Waals surface area contributed by atoms with Crippen molar-refractivity contribution in [2.75, 3.05) is 0 Å². The Morgan fingerprint density at radius 2 is 1.86 bits per heavy atom. The number of aliphatic carboxylic acids is 1. The monoisotopic (exact) mass is 291 g/mol. The largest absolute Gasteiger partial charge is 0.477 e. The maximum atomic E-state index is 11.6. The number of alkyl carbamates (subject to hydrolysis) is 1. The third kappa shape index (κ3) is 7.15. The predicted octanol–water partition coefficient (Wildman–Crippen LogP) is 3.32. The highest BCUT2D eigenvalue weighted by atomic mass is 16.5. The molecule has 2 N–H and O–H groups in total. The number of nitrogens with one attached hydrogen (secondary N) is 1. The fraction of sp³-hybridized carbons (Fsp3) is 0.375. The van der Waals surface area contributed by atoms with Gasteiger partial charge in [-0.2, -0.15) is 0 Å². The zero-order valence-electron chi connectivity index (χ0n) is 12.6. The topological polar surface area (TPSA) is 75.6 Å². The molecule has 1 aromatic carbocycles. The minimum atomic E-state index is -1.18. The smallest absolute Gasteiger partial charge is 0.412 e. The van der Waals surface area contributed by atoms with E-state index in [1.54, 1.807) is 0 Å². The van der Waals surface area contributed by atoms with Crippen molar-refractivity contribution in [2.45, 2.75) is 33.8 Å². The molecule has 0 aliphatic heterocycles. The summed E-state index contributed by atoms with van der Waals surface area (Å²) in [6.07, 6.45) is 1.25. The van der Waals surface area contributed by atoms with Crippen LogP contribution in [-0.4, -0.2) is 17.2 Å². The molecular weight excluding hydrogens is 270 g/mol. The van der Waals surface area contributed by atoms with Crippen LogP contribution < -0.4 is 5.32 Å². The summed E-state index contributed by atoms with van der Waals surface area (Å²) in [6.45, 7) is 6.04. The van der Waals surface area contributed by atoms with Crippen molar-refractivity contribution in [2.24, 2.45) is 5.41 Å². The van der Waals surface area contributed by atoms with Crippen LogP contribution in [0.2, 0.25) is 0 Å². The van der Waals surface area contributed by atoms with Crippen LogP contribution in [0.3, 0.4) is 0 Å². The Hall–Kier alpha value is -2.30. The second-order valence-electron chi connectivity index (χ2n) is 5.87. The van der Waals surface area contributed by atoms with Crippen molar-refractivity contribution >= 4 is 12.1 Å². The van der Waals surface area contributed by atoms with Crippen LogP contribution in [0.4, 0.5) is 4.79 Å². The average molecular weight is 291 g/mol. The lowest BCUT2D eigenvalue weighted by molar-refractivity contribution is -0.133. The van der Waals surface area contributed by atoms with Crippen molar-refractivity contribution in [3.8, 4) is 0 Å². The van der Waals surface area contributed by atoms with Gasteiger partial charge in [0.2, 0.25) is 0 Å². The molecule has 0 fully saturated rings. The van der Waals surface area contributed by atoms with Crippen molar-refractivity contribution < 1.29 is 19.4 Å². The first kappa shape index (κ1) is 16.8. The molecule has 0 heterocycles. The van der Waals surface area contributed by atoms with E-state index in [9.17, 15) is 9.59 Å². The Morgan fingerprint density at radius 1 is 1.24 bits per heavy atom. The van der Waals surface area contributed by atoms with E-state index in [0.717, 1.165) is 5.56 Å². The quantitative estimate of drug-likeness (QED) is 0.816. The van der Waals surface area contributed by atoms with Crippen LogP contribution >= 0.6 is 0 Å². The molecule has 0 aliphatic carbocycles. The number of hydrogen-bond donors (Lipinski definition) is 2. The second kappa shape index (κ2) is 7.47. The van der Waals surface area contributed by atoms with E-state index in [1.165, 1.54) is 6.08 Å². The lowest BCUT2D eigenvalue weighted by atomic mass is 9.92. The number of allylic oxidation sites excluding steroid dienone is 1. The van der Waals surface area contributed by atoms with Gasteiger partial charge in [0.15, 0.2) is 0 Å². The molecule has 21 heavy (non-hydrogen) atoms. The Morgan fingerprint density at radius 3 is 2.38 bits per heavy atom. The van der Waals surface area contributed by atoms with Crippen LogP contribution in [-0.2, 0) is 16.1 Å². The molecule has 0 spiro atoms. The van der Waals surface area contributed by atoms with Gasteiger partial charge in [-0.25, -0.2) is 9.59 Å². The lowest BCUT2D eigenvalue weighted by Gasteiger charge is -2.15. The van der Waals surface area contributed by atoms with E-state index in [0.29, 0.717) is 6.42 Å². The molecule has 0 radical (unpaired) electrons. The molecule has 0 bridgehead atoms. The minimum Gasteiger partial charge on any atom is -0.477 e. The molecule has 0 atom stereocenters. The first-order chi connectivity index (χ1) is 9.78. The van der Waals surface area contributed by atoms with Gasteiger partial charge < -0.3 is 9.84 Å². The van der Waals surface area contributed by atoms with Gasteiger partial charge in [-0.1, -0.05) is 57.2 Å². The van der Waals surface area contributed by atoms with Crippen molar-refractivity contribution in [3.63, 3.8) is 0 Å². The summed E-state index contributed by atoms with van der Waals surface area (Å²) < 4.78 is 4.99. The number of rotatable bonds is 5. The number of carbonyl (C=O) groups is 2. The van der Waals surface area contributed by atoms with Crippen LogP contribution in [0, 0.1) is 5.41 Å². The third-order valence-corrected chi connectivity index (χ3v) is 2.60. The standard InChI is InChI=1S/C16H21NO4/c1-16(2,3)10-9-13(14(18)19)17-15(20)21-11-12-7-5-4-6-8-12/h4-9H,10-11H2,1-3H3,(H,17,20)(H,18,19)/b13-9+. The molecule has 0 saturated carbocycles. The maximum absolute atomic E-state index is 11.6. The summed E-state index contributed by atoms with van der Waals surface area (Å²) in [6, 6.07) is 9.17. The number of amides is 1. The van der Waals surface area contributed by atoms with E-state index in [1.807, 2.05) is 51.1 Å². The number of ether oxygens (including phenoxy) is 1. The first-order valence-corrected chi connectivity index (χ1v) is 6.69. The molecule has 1 amide bonds. The molecule has 0 unspecified atom stereocenters. The van der Waals surface area contributed by atoms with E-state index >= 15 is 0 Å². The highest BCUT2D eigenvalue weighted by Crippen LogP contribution is 2.19. The summed E-state index contributed by atoms with van der Waals surface area (Å²) >= 11 is 0. The second-order valence-corrected chi connectivity index (χ2v) is 5.87. The Balaban J connectivity index is 2.55. The Bertz CT molecular complexity index is 515. The predicted molar refractivity (Wildman–Crippen MR) is 79.6 cm³/mol. The van der Waals surface area contributed by atoms with Crippen molar-refractivity contribution in [1.82, 2.24) is 5.32 Å². The van der Waals surface area contributed by atoms with Gasteiger partial charge in [0.05, 0.1) is 0 Å². The third-order valence-electron chi connectivity index (χ3n) is 2.60. The summed E-state index contributed by atoms with van der Waals surface area (Å²) in [5, 5.41) is 11.3. The summed E-state index contributed by atoms with van der Waals surface area (Å²) in [7, 11) is 0. The number of carboxylic acids is 1. The van der Waals surface area contributed by atoms with Gasteiger partial charge in [0.25, 0.3) is 0 Å². The molecule has 5 heteroatoms. The van der Waals surface area contributed by atoms with E-state index < -0.39 is 12.1 Å². The normalized spacial score (nSPS) is 11.9. The van der Waals surface area contributed by atoms with E-state index in [-0.39, 0.29) is 17.7 Å². The summed E-state index contributed by atoms with van der Waals surface area (Å²) in [4.78, 5) is 22.7. The van der Waals surface area contributed by atoms with Crippen molar-refractivity contribution in [1.29, 1.82) is 0 Å². The summed E-state index contributed by atoms with van der Waals surface area (Å²) in [5.74, 6) is -1.18. The van der Waals surface area contributed by atoms with Gasteiger partial charge in [-0.15, -0.1) is 0 Å². The number of hydrogen-bond acceptors (Lipinski definition) is 3. The molecule has 0 aliphatic rings. The SMILES string of the molecule is CC(C)(C)C/C=C(/NC(=O)OCc1ccccc1)C(=O)O. The highest BCUT2D eigenvalue weighted by molar-refractivity contribution is 5.90. The molecule has 0 aromatic heterocycles. The maximum Gasteiger partial charge on any atom is 0.412 e. The van der Waals surface area contributed by atoms with Crippen LogP contribution in [0.1, 0.15) is 32.8 Å². The zero-order valence-corrected chi connectivity index (χ0v) is 12.6. The first-order valence-electron chi connectivity index (χ1n) is 6.69. The molecule has 1 rings (SSSR count). The minimum absolute atomic E-state index is 0.0592. The molecular formula is C16H21NO4. The number of carboxylic acid groups (broad SMARTS) is 1. The van der Waals surface area contributed by atoms with Gasteiger partial charge in [-0.3, -0.25) is 5.32 Å². The molecule has 114 valence electrons. The number of carbonyl (C=O) groups excluding carboxylic acids is 1. The van der Waals surface area contributed by atoms with E-state index in [4.69, 9.17) is 9.84 Å². The number of benzene rings is 1. The lowest BCUT2D eigenvalue weighted by Crippen LogP contribution is -2.28. The fourth-order valence-corrected chi connectivity index (χ4v) is 1.47. The van der Waals surface area contributed by atoms with Gasteiger partial charge >= 0.3 is 12.1 Å². The zero-order chi connectivity index (χ0) is 15.9. The fourth-order valence-electron chi connectivity index (χ4n) is 1.47.